The summed E-state index contributed by atoms with van der Waals surface area (Å²) in [6, 6.07) is 4.36. The summed E-state index contributed by atoms with van der Waals surface area (Å²) in [6.07, 6.45) is 0.311. The first-order valence-corrected chi connectivity index (χ1v) is 9.91. The SMILES string of the molecule is CCN1C(=O)CCC12CCCN(Cc1cccs1)CC2.O=C(O)C(F)(F)F. The van der Waals surface area contributed by atoms with Gasteiger partial charge in [-0.3, -0.25) is 9.69 Å². The lowest BCUT2D eigenvalue weighted by atomic mass is 9.88. The summed E-state index contributed by atoms with van der Waals surface area (Å²) >= 11 is 1.85. The molecule has 0 radical (unpaired) electrons. The highest BCUT2D eigenvalue weighted by Crippen LogP contribution is 2.39. The third-order valence-corrected chi connectivity index (χ3v) is 6.07. The highest BCUT2D eigenvalue weighted by molar-refractivity contribution is 7.09. The maximum atomic E-state index is 12.0. The lowest BCUT2D eigenvalue weighted by Crippen LogP contribution is -2.46. The number of carbonyl (C=O) groups is 2. The van der Waals surface area contributed by atoms with Crippen LogP contribution in [0.2, 0.25) is 0 Å². The summed E-state index contributed by atoms with van der Waals surface area (Å²) < 4.78 is 31.7. The minimum absolute atomic E-state index is 0.177. The van der Waals surface area contributed by atoms with E-state index < -0.39 is 12.1 Å². The molecule has 1 aromatic heterocycles. The molecule has 27 heavy (non-hydrogen) atoms. The van der Waals surface area contributed by atoms with Crippen LogP contribution >= 0.6 is 11.3 Å². The zero-order chi connectivity index (χ0) is 20.1. The molecule has 2 saturated heterocycles. The van der Waals surface area contributed by atoms with Gasteiger partial charge in [-0.15, -0.1) is 11.3 Å². The number of carbonyl (C=O) groups excluding carboxylic acids is 1. The number of hydrogen-bond acceptors (Lipinski definition) is 4. The van der Waals surface area contributed by atoms with E-state index >= 15 is 0 Å². The Balaban J connectivity index is 0.000000321. The minimum atomic E-state index is -5.08. The van der Waals surface area contributed by atoms with E-state index in [0.717, 1.165) is 38.9 Å². The van der Waals surface area contributed by atoms with Crippen LogP contribution in [0.15, 0.2) is 17.5 Å². The normalized spacial score (nSPS) is 23.9. The molecule has 1 unspecified atom stereocenters. The Morgan fingerprint density at radius 1 is 1.30 bits per heavy atom. The van der Waals surface area contributed by atoms with Gasteiger partial charge in [0.05, 0.1) is 0 Å². The number of halogens is 3. The predicted octanol–water partition coefficient (Wildman–Crippen LogP) is 3.75. The zero-order valence-electron chi connectivity index (χ0n) is 15.3. The van der Waals surface area contributed by atoms with Crippen LogP contribution in [-0.2, 0) is 16.1 Å². The van der Waals surface area contributed by atoms with Gasteiger partial charge in [-0.25, -0.2) is 4.79 Å². The molecule has 2 fully saturated rings. The third kappa shape index (κ3) is 5.68. The van der Waals surface area contributed by atoms with Crippen molar-refractivity contribution >= 4 is 23.2 Å². The van der Waals surface area contributed by atoms with Crippen molar-refractivity contribution in [3.63, 3.8) is 0 Å². The summed E-state index contributed by atoms with van der Waals surface area (Å²) in [5.74, 6) is -2.38. The number of rotatable bonds is 3. The molecule has 1 aromatic rings. The Kier molecular flexibility index (Phi) is 7.27. The number of carboxylic acid groups (broad SMARTS) is 1. The molecule has 3 heterocycles. The van der Waals surface area contributed by atoms with Crippen LogP contribution in [-0.4, -0.2) is 58.1 Å². The number of likely N-dealkylation sites (tertiary alicyclic amines) is 2. The quantitative estimate of drug-likeness (QED) is 0.831. The average Bonchev–Trinajstić information content (AvgIpc) is 3.14. The second kappa shape index (κ2) is 9.05. The lowest BCUT2D eigenvalue weighted by Gasteiger charge is -2.37. The van der Waals surface area contributed by atoms with Crippen molar-refractivity contribution in [3.8, 4) is 0 Å². The van der Waals surface area contributed by atoms with E-state index in [0.29, 0.717) is 5.91 Å². The molecule has 0 aromatic carbocycles. The number of aliphatic carboxylic acids is 1. The monoisotopic (exact) mass is 406 g/mol. The second-order valence-electron chi connectivity index (χ2n) is 6.87. The molecule has 9 heteroatoms. The highest BCUT2D eigenvalue weighted by Gasteiger charge is 2.44. The van der Waals surface area contributed by atoms with Gasteiger partial charge in [0.2, 0.25) is 5.91 Å². The summed E-state index contributed by atoms with van der Waals surface area (Å²) in [5.41, 5.74) is 0.177. The van der Waals surface area contributed by atoms with E-state index in [1.807, 2.05) is 11.3 Å². The van der Waals surface area contributed by atoms with Crippen molar-refractivity contribution in [1.29, 1.82) is 0 Å². The first kappa shape index (κ1) is 21.7. The fraction of sp³-hybridized carbons (Fsp3) is 0.667. The Morgan fingerprint density at radius 3 is 2.56 bits per heavy atom. The Labute approximate surface area is 160 Å². The number of nitrogens with zero attached hydrogens (tertiary/aromatic N) is 2. The number of carboxylic acids is 1. The van der Waals surface area contributed by atoms with E-state index in [4.69, 9.17) is 9.90 Å². The summed E-state index contributed by atoms with van der Waals surface area (Å²) in [4.78, 5) is 27.1. The topological polar surface area (TPSA) is 60.9 Å². The standard InChI is InChI=1S/C16H24N2OS.C2HF3O2/c1-2-18-15(19)6-8-16(18)7-4-10-17(11-9-16)13-14-5-3-12-20-14;3-2(4,5)1(6)7/h3,5,12H,2,4,6-11,13H2,1H3;(H,6,7). The van der Waals surface area contributed by atoms with Crippen molar-refractivity contribution in [2.24, 2.45) is 0 Å². The highest BCUT2D eigenvalue weighted by atomic mass is 32.1. The van der Waals surface area contributed by atoms with Crippen LogP contribution in [0, 0.1) is 0 Å². The van der Waals surface area contributed by atoms with Gasteiger partial charge >= 0.3 is 12.1 Å². The first-order chi connectivity index (χ1) is 12.7. The van der Waals surface area contributed by atoms with Crippen molar-refractivity contribution < 1.29 is 27.9 Å². The Morgan fingerprint density at radius 2 is 2.00 bits per heavy atom. The number of alkyl halides is 3. The first-order valence-electron chi connectivity index (χ1n) is 9.03. The molecule has 0 aliphatic carbocycles. The Hall–Kier alpha value is -1.61. The molecule has 5 nitrogen and oxygen atoms in total. The van der Waals surface area contributed by atoms with E-state index in [1.54, 1.807) is 0 Å². The lowest BCUT2D eigenvalue weighted by molar-refractivity contribution is -0.192. The van der Waals surface area contributed by atoms with Gasteiger partial charge in [-0.05, 0) is 50.6 Å². The molecule has 1 N–H and O–H groups in total. The molecule has 152 valence electrons. The van der Waals surface area contributed by atoms with E-state index in [-0.39, 0.29) is 5.54 Å². The molecule has 1 amide bonds. The van der Waals surface area contributed by atoms with E-state index in [1.165, 1.54) is 24.3 Å². The van der Waals surface area contributed by atoms with E-state index in [9.17, 15) is 18.0 Å². The van der Waals surface area contributed by atoms with Gasteiger partial charge in [-0.1, -0.05) is 6.07 Å². The maximum absolute atomic E-state index is 12.0. The van der Waals surface area contributed by atoms with Crippen LogP contribution in [0.3, 0.4) is 0 Å². The van der Waals surface area contributed by atoms with Gasteiger partial charge in [0.25, 0.3) is 0 Å². The maximum Gasteiger partial charge on any atom is 0.490 e. The summed E-state index contributed by atoms with van der Waals surface area (Å²) in [6.45, 7) is 6.38. The number of hydrogen-bond donors (Lipinski definition) is 1. The van der Waals surface area contributed by atoms with Gasteiger partial charge in [-0.2, -0.15) is 13.2 Å². The number of thiophene rings is 1. The van der Waals surface area contributed by atoms with Gasteiger partial charge in [0.1, 0.15) is 0 Å². The van der Waals surface area contributed by atoms with Crippen LogP contribution in [0.25, 0.3) is 0 Å². The number of amides is 1. The van der Waals surface area contributed by atoms with Crippen molar-refractivity contribution in [3.05, 3.63) is 22.4 Å². The van der Waals surface area contributed by atoms with Crippen molar-refractivity contribution in [2.45, 2.75) is 57.3 Å². The Bertz CT molecular complexity index is 636. The fourth-order valence-electron chi connectivity index (χ4n) is 3.92. The van der Waals surface area contributed by atoms with E-state index in [2.05, 4.69) is 34.2 Å². The molecular formula is C18H25F3N2O3S. The average molecular weight is 406 g/mol. The molecule has 0 saturated carbocycles. The van der Waals surface area contributed by atoms with Gasteiger partial charge in [0, 0.05) is 36.5 Å². The van der Waals surface area contributed by atoms with Crippen LogP contribution in [0.5, 0.6) is 0 Å². The molecule has 3 rings (SSSR count). The second-order valence-corrected chi connectivity index (χ2v) is 7.91. The van der Waals surface area contributed by atoms with Crippen LogP contribution < -0.4 is 0 Å². The zero-order valence-corrected chi connectivity index (χ0v) is 16.1. The minimum Gasteiger partial charge on any atom is -0.475 e. The van der Waals surface area contributed by atoms with Crippen molar-refractivity contribution in [1.82, 2.24) is 9.80 Å². The van der Waals surface area contributed by atoms with Crippen LogP contribution in [0.4, 0.5) is 13.2 Å². The van der Waals surface area contributed by atoms with Gasteiger partial charge in [0.15, 0.2) is 0 Å². The molecule has 1 spiro atoms. The molecule has 0 bridgehead atoms. The predicted molar refractivity (Wildman–Crippen MR) is 96.5 cm³/mol. The van der Waals surface area contributed by atoms with Gasteiger partial charge < -0.3 is 10.0 Å². The molecule has 2 aliphatic rings. The molecule has 1 atom stereocenters. The summed E-state index contributed by atoms with van der Waals surface area (Å²) in [5, 5.41) is 9.28. The van der Waals surface area contributed by atoms with Crippen LogP contribution in [0.1, 0.15) is 43.9 Å². The fourth-order valence-corrected chi connectivity index (χ4v) is 4.67. The largest absolute Gasteiger partial charge is 0.490 e. The summed E-state index contributed by atoms with van der Waals surface area (Å²) in [7, 11) is 0. The smallest absolute Gasteiger partial charge is 0.475 e. The van der Waals surface area contributed by atoms with Crippen molar-refractivity contribution in [2.75, 3.05) is 19.6 Å². The molecule has 2 aliphatic heterocycles. The molecular weight excluding hydrogens is 381 g/mol. The third-order valence-electron chi connectivity index (χ3n) is 5.21.